The van der Waals surface area contributed by atoms with Crippen molar-refractivity contribution in [1.82, 2.24) is 0 Å². The third kappa shape index (κ3) is 6.19. The Morgan fingerprint density at radius 1 is 1.11 bits per heavy atom. The van der Waals surface area contributed by atoms with E-state index in [9.17, 15) is 0 Å². The topological polar surface area (TPSA) is 44.5 Å². The lowest BCUT2D eigenvalue weighted by Gasteiger charge is -2.23. The van der Waals surface area contributed by atoms with E-state index in [1.54, 1.807) is 0 Å². The van der Waals surface area contributed by atoms with Crippen molar-refractivity contribution in [3.63, 3.8) is 0 Å². The molecule has 0 fully saturated rings. The van der Waals surface area contributed by atoms with Crippen LogP contribution in [0, 0.1) is 6.92 Å². The fourth-order valence-electron chi connectivity index (χ4n) is 1.75. The Balaban J connectivity index is 2.36. The first kappa shape index (κ1) is 16.2. The molecule has 108 valence electrons. The maximum atomic E-state index is 6.19. The first-order valence-electron chi connectivity index (χ1n) is 6.87. The van der Waals surface area contributed by atoms with E-state index >= 15 is 0 Å². The highest BCUT2D eigenvalue weighted by atomic mass is 16.5. The molecule has 0 spiro atoms. The molecule has 1 rings (SSSR count). The van der Waals surface area contributed by atoms with Crippen molar-refractivity contribution in [2.75, 3.05) is 13.2 Å². The van der Waals surface area contributed by atoms with Crippen LogP contribution in [0.4, 0.5) is 0 Å². The van der Waals surface area contributed by atoms with E-state index in [0.29, 0.717) is 13.2 Å². The third-order valence-corrected chi connectivity index (χ3v) is 2.97. The molecule has 0 saturated carbocycles. The van der Waals surface area contributed by atoms with E-state index < -0.39 is 0 Å². The highest BCUT2D eigenvalue weighted by molar-refractivity contribution is 5.24. The highest BCUT2D eigenvalue weighted by Crippen LogP contribution is 2.17. The molecule has 1 aromatic carbocycles. The van der Waals surface area contributed by atoms with Crippen molar-refractivity contribution in [3.05, 3.63) is 35.4 Å². The average Bonchev–Trinajstić information content (AvgIpc) is 2.33. The molecule has 0 aliphatic carbocycles. The highest BCUT2D eigenvalue weighted by Gasteiger charge is 2.16. The molecule has 3 heteroatoms. The molecule has 0 heterocycles. The second kappa shape index (κ2) is 7.04. The van der Waals surface area contributed by atoms with Gasteiger partial charge in [0.25, 0.3) is 0 Å². The van der Waals surface area contributed by atoms with Gasteiger partial charge in [0.15, 0.2) is 0 Å². The summed E-state index contributed by atoms with van der Waals surface area (Å²) in [6.07, 6.45) is -0.0220. The maximum Gasteiger partial charge on any atom is 0.0740 e. The lowest BCUT2D eigenvalue weighted by Crippen LogP contribution is -2.29. The van der Waals surface area contributed by atoms with Gasteiger partial charge in [0.2, 0.25) is 0 Å². The molecule has 19 heavy (non-hydrogen) atoms. The van der Waals surface area contributed by atoms with Crippen LogP contribution in [0.3, 0.4) is 0 Å². The van der Waals surface area contributed by atoms with Gasteiger partial charge in [-0.1, -0.05) is 29.8 Å². The lowest BCUT2D eigenvalue weighted by molar-refractivity contribution is -0.0524. The number of rotatable bonds is 6. The lowest BCUT2D eigenvalue weighted by atomic mass is 10.0. The van der Waals surface area contributed by atoms with Crippen LogP contribution in [0.2, 0.25) is 0 Å². The Morgan fingerprint density at radius 2 is 1.68 bits per heavy atom. The van der Waals surface area contributed by atoms with Gasteiger partial charge in [-0.15, -0.1) is 0 Å². The van der Waals surface area contributed by atoms with Gasteiger partial charge in [0, 0.05) is 0 Å². The van der Waals surface area contributed by atoms with Crippen LogP contribution in [0.15, 0.2) is 24.3 Å². The molecule has 0 radical (unpaired) electrons. The van der Waals surface area contributed by atoms with Crippen molar-refractivity contribution in [3.8, 4) is 0 Å². The van der Waals surface area contributed by atoms with Crippen molar-refractivity contribution >= 4 is 0 Å². The number of benzene rings is 1. The first-order chi connectivity index (χ1) is 8.79. The molecule has 0 amide bonds. The molecule has 1 aromatic rings. The molecular weight excluding hydrogens is 238 g/mol. The molecule has 3 nitrogen and oxygen atoms in total. The van der Waals surface area contributed by atoms with E-state index in [1.807, 2.05) is 27.7 Å². The number of hydrogen-bond acceptors (Lipinski definition) is 3. The van der Waals surface area contributed by atoms with Gasteiger partial charge in [-0.25, -0.2) is 0 Å². The minimum absolute atomic E-state index is 0.0220. The van der Waals surface area contributed by atoms with Gasteiger partial charge in [0.05, 0.1) is 31.0 Å². The molecule has 0 saturated heterocycles. The Bertz CT molecular complexity index is 367. The zero-order valence-electron chi connectivity index (χ0n) is 12.8. The predicted octanol–water partition coefficient (Wildman–Crippen LogP) is 3.22. The molecule has 0 aromatic heterocycles. The summed E-state index contributed by atoms with van der Waals surface area (Å²) in [6.45, 7) is 11.3. The minimum Gasteiger partial charge on any atom is -0.374 e. The van der Waals surface area contributed by atoms with Gasteiger partial charge >= 0.3 is 0 Å². The standard InChI is InChI=1S/C16H27NO2/c1-12-6-8-14(9-7-12)15(17)13(2)18-10-11-19-16(3,4)5/h6-9,13,15H,10-11,17H2,1-5H3. The molecular formula is C16H27NO2. The van der Waals surface area contributed by atoms with Gasteiger partial charge in [-0.3, -0.25) is 0 Å². The van der Waals surface area contributed by atoms with Crippen LogP contribution < -0.4 is 5.73 Å². The van der Waals surface area contributed by atoms with Crippen molar-refractivity contribution in [2.24, 2.45) is 5.73 Å². The van der Waals surface area contributed by atoms with E-state index in [2.05, 4.69) is 31.2 Å². The van der Waals surface area contributed by atoms with E-state index in [-0.39, 0.29) is 17.7 Å². The molecule has 0 bridgehead atoms. The van der Waals surface area contributed by atoms with E-state index in [0.717, 1.165) is 5.56 Å². The predicted molar refractivity (Wildman–Crippen MR) is 79.2 cm³/mol. The summed E-state index contributed by atoms with van der Waals surface area (Å²) in [4.78, 5) is 0. The van der Waals surface area contributed by atoms with Gasteiger partial charge in [-0.05, 0) is 40.2 Å². The molecule has 0 aliphatic rings. The fraction of sp³-hybridized carbons (Fsp3) is 0.625. The quantitative estimate of drug-likeness (QED) is 0.803. The Labute approximate surface area is 117 Å². The SMILES string of the molecule is Cc1ccc(C(N)C(C)OCCOC(C)(C)C)cc1. The molecule has 2 unspecified atom stereocenters. The largest absolute Gasteiger partial charge is 0.374 e. The summed E-state index contributed by atoms with van der Waals surface area (Å²) < 4.78 is 11.3. The minimum atomic E-state index is -0.119. The van der Waals surface area contributed by atoms with Gasteiger partial charge < -0.3 is 15.2 Å². The summed E-state index contributed by atoms with van der Waals surface area (Å²) in [5.74, 6) is 0. The number of nitrogens with two attached hydrogens (primary N) is 1. The van der Waals surface area contributed by atoms with Crippen molar-refractivity contribution < 1.29 is 9.47 Å². The van der Waals surface area contributed by atoms with Crippen LogP contribution in [-0.4, -0.2) is 24.9 Å². The maximum absolute atomic E-state index is 6.19. The average molecular weight is 265 g/mol. The smallest absolute Gasteiger partial charge is 0.0740 e. The zero-order valence-corrected chi connectivity index (χ0v) is 12.8. The summed E-state index contributed by atoms with van der Waals surface area (Å²) in [5.41, 5.74) is 8.42. The van der Waals surface area contributed by atoms with Crippen molar-refractivity contribution in [2.45, 2.75) is 52.4 Å². The Morgan fingerprint density at radius 3 is 2.21 bits per heavy atom. The first-order valence-corrected chi connectivity index (χ1v) is 6.87. The van der Waals surface area contributed by atoms with E-state index in [4.69, 9.17) is 15.2 Å². The normalized spacial score (nSPS) is 15.3. The second-order valence-electron chi connectivity index (χ2n) is 5.97. The van der Waals surface area contributed by atoms with Crippen LogP contribution in [0.5, 0.6) is 0 Å². The summed E-state index contributed by atoms with van der Waals surface area (Å²) in [6, 6.07) is 8.17. The summed E-state index contributed by atoms with van der Waals surface area (Å²) in [7, 11) is 0. The molecule has 2 atom stereocenters. The van der Waals surface area contributed by atoms with E-state index in [1.165, 1.54) is 5.56 Å². The zero-order chi connectivity index (χ0) is 14.5. The van der Waals surface area contributed by atoms with Crippen molar-refractivity contribution in [1.29, 1.82) is 0 Å². The summed E-state index contributed by atoms with van der Waals surface area (Å²) >= 11 is 0. The second-order valence-corrected chi connectivity index (χ2v) is 5.97. The fourth-order valence-corrected chi connectivity index (χ4v) is 1.75. The van der Waals surface area contributed by atoms with Crippen LogP contribution >= 0.6 is 0 Å². The Kier molecular flexibility index (Phi) is 5.98. The van der Waals surface area contributed by atoms with Crippen LogP contribution in [0.25, 0.3) is 0 Å². The number of ether oxygens (including phenoxy) is 2. The molecule has 2 N–H and O–H groups in total. The van der Waals surface area contributed by atoms with Gasteiger partial charge in [-0.2, -0.15) is 0 Å². The monoisotopic (exact) mass is 265 g/mol. The molecule has 0 aliphatic heterocycles. The van der Waals surface area contributed by atoms with Crippen LogP contribution in [-0.2, 0) is 9.47 Å². The number of aryl methyl sites for hydroxylation is 1. The summed E-state index contributed by atoms with van der Waals surface area (Å²) in [5, 5.41) is 0. The number of hydrogen-bond donors (Lipinski definition) is 1. The third-order valence-electron chi connectivity index (χ3n) is 2.97. The van der Waals surface area contributed by atoms with Gasteiger partial charge in [0.1, 0.15) is 0 Å². The Hall–Kier alpha value is -0.900. The van der Waals surface area contributed by atoms with Crippen LogP contribution in [0.1, 0.15) is 44.9 Å².